The third kappa shape index (κ3) is 6.27. The number of amides is 1. The highest BCUT2D eigenvalue weighted by Gasteiger charge is 2.24. The van der Waals surface area contributed by atoms with Crippen LogP contribution < -0.4 is 0 Å². The van der Waals surface area contributed by atoms with Crippen LogP contribution in [0.1, 0.15) is 12.0 Å². The lowest BCUT2D eigenvalue weighted by molar-refractivity contribution is -0.137. The second-order valence-corrected chi connectivity index (χ2v) is 5.85. The van der Waals surface area contributed by atoms with Gasteiger partial charge in [0.05, 0.1) is 12.7 Å². The molecule has 128 valence electrons. The van der Waals surface area contributed by atoms with Gasteiger partial charge >= 0.3 is 0 Å². The predicted octanol–water partition coefficient (Wildman–Crippen LogP) is 0.0907. The van der Waals surface area contributed by atoms with E-state index in [9.17, 15) is 9.90 Å². The van der Waals surface area contributed by atoms with Crippen molar-refractivity contribution in [2.75, 3.05) is 45.9 Å². The number of carbonyl (C=O) groups is 1. The molecular formula is C17H26N2O4. The molecule has 1 fully saturated rings. The summed E-state index contributed by atoms with van der Waals surface area (Å²) in [5.74, 6) is -0.0935. The SMILES string of the molecule is O=C(COCc1ccccc1)N1CCN(CCCO)C[C@H](O)C1. The topological polar surface area (TPSA) is 73.2 Å². The van der Waals surface area contributed by atoms with Gasteiger partial charge in [0, 0.05) is 39.3 Å². The second kappa shape index (κ2) is 9.62. The molecule has 1 saturated heterocycles. The van der Waals surface area contributed by atoms with E-state index in [-0.39, 0.29) is 19.1 Å². The Morgan fingerprint density at radius 1 is 1.22 bits per heavy atom. The maximum absolute atomic E-state index is 12.2. The first-order chi connectivity index (χ1) is 11.2. The molecule has 1 aromatic carbocycles. The molecule has 23 heavy (non-hydrogen) atoms. The molecule has 0 bridgehead atoms. The zero-order valence-electron chi connectivity index (χ0n) is 13.4. The number of ether oxygens (including phenoxy) is 1. The average molecular weight is 322 g/mol. The van der Waals surface area contributed by atoms with Gasteiger partial charge in [0.25, 0.3) is 0 Å². The number of nitrogens with zero attached hydrogens (tertiary/aromatic N) is 2. The first-order valence-corrected chi connectivity index (χ1v) is 8.09. The van der Waals surface area contributed by atoms with Crippen molar-refractivity contribution < 1.29 is 19.7 Å². The molecule has 1 aromatic rings. The van der Waals surface area contributed by atoms with Crippen LogP contribution in [-0.2, 0) is 16.1 Å². The fraction of sp³-hybridized carbons (Fsp3) is 0.588. The van der Waals surface area contributed by atoms with Crippen molar-refractivity contribution >= 4 is 5.91 Å². The summed E-state index contributed by atoms with van der Waals surface area (Å²) in [6.45, 7) is 3.47. The van der Waals surface area contributed by atoms with Gasteiger partial charge in [-0.3, -0.25) is 9.69 Å². The van der Waals surface area contributed by atoms with Gasteiger partial charge in [-0.25, -0.2) is 0 Å². The largest absolute Gasteiger partial charge is 0.396 e. The van der Waals surface area contributed by atoms with Gasteiger partial charge in [0.1, 0.15) is 6.61 Å². The predicted molar refractivity (Wildman–Crippen MR) is 86.8 cm³/mol. The van der Waals surface area contributed by atoms with E-state index in [1.165, 1.54) is 0 Å². The Hall–Kier alpha value is -1.47. The van der Waals surface area contributed by atoms with E-state index >= 15 is 0 Å². The van der Waals surface area contributed by atoms with Crippen molar-refractivity contribution in [1.29, 1.82) is 0 Å². The summed E-state index contributed by atoms with van der Waals surface area (Å²) in [5, 5.41) is 18.9. The third-order valence-corrected chi connectivity index (χ3v) is 3.91. The van der Waals surface area contributed by atoms with Crippen LogP contribution in [0.2, 0.25) is 0 Å². The first kappa shape index (κ1) is 17.9. The van der Waals surface area contributed by atoms with E-state index in [2.05, 4.69) is 4.90 Å². The zero-order chi connectivity index (χ0) is 16.5. The van der Waals surface area contributed by atoms with Crippen molar-refractivity contribution in [3.63, 3.8) is 0 Å². The summed E-state index contributed by atoms with van der Waals surface area (Å²) in [6, 6.07) is 9.73. The number of aliphatic hydroxyl groups excluding tert-OH is 2. The molecule has 0 spiro atoms. The molecule has 1 heterocycles. The molecule has 1 aliphatic heterocycles. The molecule has 0 saturated carbocycles. The van der Waals surface area contributed by atoms with Crippen molar-refractivity contribution in [2.24, 2.45) is 0 Å². The van der Waals surface area contributed by atoms with Crippen molar-refractivity contribution in [2.45, 2.75) is 19.1 Å². The van der Waals surface area contributed by atoms with Gasteiger partial charge in [-0.2, -0.15) is 0 Å². The number of aliphatic hydroxyl groups is 2. The normalized spacial score (nSPS) is 19.6. The van der Waals surface area contributed by atoms with E-state index in [1.54, 1.807) is 4.90 Å². The van der Waals surface area contributed by atoms with Crippen LogP contribution in [0.25, 0.3) is 0 Å². The van der Waals surface area contributed by atoms with Crippen LogP contribution in [0.5, 0.6) is 0 Å². The Kier molecular flexibility index (Phi) is 7.48. The van der Waals surface area contributed by atoms with Crippen LogP contribution >= 0.6 is 0 Å². The van der Waals surface area contributed by atoms with Crippen molar-refractivity contribution in [1.82, 2.24) is 9.80 Å². The Balaban J connectivity index is 1.75. The van der Waals surface area contributed by atoms with E-state index < -0.39 is 6.10 Å². The molecule has 2 rings (SSSR count). The number of rotatable bonds is 7. The zero-order valence-corrected chi connectivity index (χ0v) is 13.4. The fourth-order valence-electron chi connectivity index (χ4n) is 2.70. The molecular weight excluding hydrogens is 296 g/mol. The Morgan fingerprint density at radius 2 is 2.00 bits per heavy atom. The van der Waals surface area contributed by atoms with Gasteiger partial charge in [-0.1, -0.05) is 30.3 Å². The molecule has 0 aromatic heterocycles. The van der Waals surface area contributed by atoms with Gasteiger partial charge in [-0.05, 0) is 12.0 Å². The van der Waals surface area contributed by atoms with Crippen molar-refractivity contribution in [3.05, 3.63) is 35.9 Å². The number of hydrogen-bond donors (Lipinski definition) is 2. The quantitative estimate of drug-likeness (QED) is 0.744. The van der Waals surface area contributed by atoms with E-state index in [0.717, 1.165) is 12.1 Å². The molecule has 1 atom stereocenters. The lowest BCUT2D eigenvalue weighted by Crippen LogP contribution is -2.39. The fourth-order valence-corrected chi connectivity index (χ4v) is 2.70. The summed E-state index contributed by atoms with van der Waals surface area (Å²) in [5.41, 5.74) is 1.03. The molecule has 2 N–H and O–H groups in total. The Bertz CT molecular complexity index is 469. The minimum atomic E-state index is -0.561. The van der Waals surface area contributed by atoms with Gasteiger partial charge in [0.15, 0.2) is 0 Å². The highest BCUT2D eigenvalue weighted by molar-refractivity contribution is 5.77. The third-order valence-electron chi connectivity index (χ3n) is 3.91. The second-order valence-electron chi connectivity index (χ2n) is 5.85. The lowest BCUT2D eigenvalue weighted by Gasteiger charge is -2.21. The summed E-state index contributed by atoms with van der Waals surface area (Å²) >= 11 is 0. The number of benzene rings is 1. The van der Waals surface area contributed by atoms with Gasteiger partial charge in [0.2, 0.25) is 5.91 Å². The maximum atomic E-state index is 12.2. The minimum absolute atomic E-state index is 0.0260. The van der Waals surface area contributed by atoms with Gasteiger partial charge in [-0.15, -0.1) is 0 Å². The van der Waals surface area contributed by atoms with Crippen molar-refractivity contribution in [3.8, 4) is 0 Å². The van der Waals surface area contributed by atoms with Gasteiger partial charge < -0.3 is 19.8 Å². The summed E-state index contributed by atoms with van der Waals surface area (Å²) in [7, 11) is 0. The smallest absolute Gasteiger partial charge is 0.248 e. The van der Waals surface area contributed by atoms with Crippen LogP contribution in [0, 0.1) is 0 Å². The van der Waals surface area contributed by atoms with Crippen LogP contribution in [-0.4, -0.2) is 78.0 Å². The molecule has 6 nitrogen and oxygen atoms in total. The Morgan fingerprint density at radius 3 is 2.74 bits per heavy atom. The molecule has 1 aliphatic rings. The monoisotopic (exact) mass is 322 g/mol. The highest BCUT2D eigenvalue weighted by Crippen LogP contribution is 2.06. The van der Waals surface area contributed by atoms with E-state index in [4.69, 9.17) is 9.84 Å². The molecule has 6 heteroatoms. The van der Waals surface area contributed by atoms with E-state index in [1.807, 2.05) is 30.3 Å². The maximum Gasteiger partial charge on any atom is 0.248 e. The number of hydrogen-bond acceptors (Lipinski definition) is 5. The standard InChI is InChI=1S/C17H26N2O4/c20-10-4-7-18-8-9-19(12-16(21)11-18)17(22)14-23-13-15-5-2-1-3-6-15/h1-3,5-6,16,20-21H,4,7-14H2/t16-/m0/s1. The van der Waals surface area contributed by atoms with Crippen LogP contribution in [0.15, 0.2) is 30.3 Å². The average Bonchev–Trinajstić information content (AvgIpc) is 2.75. The number of β-amino-alcohol motifs (C(OH)–C–C–N with tert-alkyl or cyclic N) is 1. The minimum Gasteiger partial charge on any atom is -0.396 e. The summed E-state index contributed by atoms with van der Waals surface area (Å²) in [6.07, 6.45) is 0.121. The van der Waals surface area contributed by atoms with Crippen LogP contribution in [0.3, 0.4) is 0 Å². The highest BCUT2D eigenvalue weighted by atomic mass is 16.5. The Labute approximate surface area is 137 Å². The molecule has 0 radical (unpaired) electrons. The molecule has 0 aliphatic carbocycles. The summed E-state index contributed by atoms with van der Waals surface area (Å²) in [4.78, 5) is 16.0. The lowest BCUT2D eigenvalue weighted by atomic mass is 10.2. The molecule has 0 unspecified atom stereocenters. The molecule has 1 amide bonds. The van der Waals surface area contributed by atoms with E-state index in [0.29, 0.717) is 39.2 Å². The van der Waals surface area contributed by atoms with Crippen LogP contribution in [0.4, 0.5) is 0 Å². The summed E-state index contributed by atoms with van der Waals surface area (Å²) < 4.78 is 5.48. The first-order valence-electron chi connectivity index (χ1n) is 8.09. The number of carbonyl (C=O) groups excluding carboxylic acids is 1.